The van der Waals surface area contributed by atoms with Crippen LogP contribution in [0.5, 0.6) is 0 Å². The molecule has 0 aliphatic carbocycles. The monoisotopic (exact) mass is 423 g/mol. The zero-order valence-electron chi connectivity index (χ0n) is 1.60. The predicted octanol–water partition coefficient (Wildman–Crippen LogP) is -1.19. The molecule has 33 valence electrons. The van der Waals surface area contributed by atoms with E-state index >= 15 is 0 Å². The molecule has 0 aromatic rings. The van der Waals surface area contributed by atoms with E-state index in [1.54, 1.807) is 0 Å². The van der Waals surface area contributed by atoms with E-state index in [4.69, 9.17) is 0 Å². The van der Waals surface area contributed by atoms with Gasteiger partial charge in [0, 0.05) is 115 Å². The van der Waals surface area contributed by atoms with Gasteiger partial charge in [0.05, 0.1) is 8.41 Å². The average molecular weight is 423 g/mol. The van der Waals surface area contributed by atoms with Crippen LogP contribution in [0.25, 0.3) is 0 Å². The summed E-state index contributed by atoms with van der Waals surface area (Å²) in [5.74, 6) is 0. The van der Waals surface area contributed by atoms with Gasteiger partial charge in [-0.3, -0.25) is 0 Å². The van der Waals surface area contributed by atoms with Crippen molar-refractivity contribution in [1.82, 2.24) is 0 Å². The molecule has 0 spiro atoms. The van der Waals surface area contributed by atoms with Gasteiger partial charge in [-0.25, -0.2) is 0 Å². The summed E-state index contributed by atoms with van der Waals surface area (Å²) < 4.78 is 0. The standard InChI is InChI=1S/BH3.Co.Fe.Nd.Sm/h1H3;;;;. The second-order valence-corrected chi connectivity index (χ2v) is 0. The minimum Gasteiger partial charge on any atom is 0 e. The maximum atomic E-state index is 0. The van der Waals surface area contributed by atoms with Crippen LogP contribution in [0.15, 0.2) is 0 Å². The molecular formula is H3BCoFeNdSm. The first-order chi connectivity index (χ1) is 0. The first-order valence-corrected chi connectivity index (χ1v) is 0. The van der Waals surface area contributed by atoms with Crippen molar-refractivity contribution in [2.45, 2.75) is 0 Å². The molecule has 0 N–H and O–H groups in total. The molecule has 0 fully saturated rings. The van der Waals surface area contributed by atoms with Gasteiger partial charge in [0.2, 0.25) is 0 Å². The van der Waals surface area contributed by atoms with Crippen molar-refractivity contribution < 1.29 is 115 Å². The number of hydrogen-bond donors (Lipinski definition) is 0. The molecule has 0 aromatic carbocycles. The van der Waals surface area contributed by atoms with Crippen LogP contribution in [-0.2, 0) is 33.8 Å². The van der Waals surface area contributed by atoms with Crippen LogP contribution >= 0.6 is 0 Å². The molecule has 0 amide bonds. The summed E-state index contributed by atoms with van der Waals surface area (Å²) in [5.41, 5.74) is 0. The minimum atomic E-state index is 0. The van der Waals surface area contributed by atoms with E-state index in [1.165, 1.54) is 0 Å². The van der Waals surface area contributed by atoms with E-state index in [9.17, 15) is 0 Å². The predicted molar refractivity (Wildman–Crippen MR) is 9.94 cm³/mol. The Kier molecular flexibility index (Phi) is 186. The fourth-order valence-corrected chi connectivity index (χ4v) is 0. The van der Waals surface area contributed by atoms with Crippen LogP contribution in [0.1, 0.15) is 0 Å². The molecule has 0 atom stereocenters. The van der Waals surface area contributed by atoms with Crippen LogP contribution in [-0.4, -0.2) is 8.41 Å². The van der Waals surface area contributed by atoms with E-state index in [0.29, 0.717) is 0 Å². The summed E-state index contributed by atoms with van der Waals surface area (Å²) in [6.07, 6.45) is 0. The Morgan fingerprint density at radius 3 is 1.00 bits per heavy atom. The Bertz CT molecular complexity index is 11.6. The third kappa shape index (κ3) is 18.2. The molecule has 0 saturated heterocycles. The fraction of sp³-hybridized carbons (Fsp3) is 0. The zero-order valence-corrected chi connectivity index (χ0v) is 9.57. The van der Waals surface area contributed by atoms with Gasteiger partial charge in [0.15, 0.2) is 0 Å². The molecule has 0 aliphatic rings. The Morgan fingerprint density at radius 2 is 1.00 bits per heavy atom. The summed E-state index contributed by atoms with van der Waals surface area (Å²) in [6.45, 7) is 0. The molecule has 5 heteroatoms. The van der Waals surface area contributed by atoms with E-state index in [-0.39, 0.29) is 123 Å². The van der Waals surface area contributed by atoms with Crippen LogP contribution in [0, 0.1) is 81.2 Å². The van der Waals surface area contributed by atoms with Gasteiger partial charge in [0.25, 0.3) is 0 Å². The molecule has 5 heavy (non-hydrogen) atoms. The van der Waals surface area contributed by atoms with Gasteiger partial charge in [-0.2, -0.15) is 0 Å². The molecular weight excluding hydrogens is 420 g/mol. The minimum absolute atomic E-state index is 0. The topological polar surface area (TPSA) is 0 Å². The molecule has 0 unspecified atom stereocenters. The second kappa shape index (κ2) is 25.0. The number of hydrogen-bond acceptors (Lipinski definition) is 0. The fourth-order valence-electron chi connectivity index (χ4n) is 0. The van der Waals surface area contributed by atoms with Gasteiger partial charge in [0.1, 0.15) is 0 Å². The van der Waals surface area contributed by atoms with E-state index < -0.39 is 0 Å². The van der Waals surface area contributed by atoms with Gasteiger partial charge >= 0.3 is 0 Å². The van der Waals surface area contributed by atoms with Gasteiger partial charge in [-0.15, -0.1) is 0 Å². The first-order valence-electron chi connectivity index (χ1n) is 0. The molecule has 0 bridgehead atoms. The van der Waals surface area contributed by atoms with E-state index in [0.717, 1.165) is 0 Å². The average Bonchev–Trinajstić information content (AvgIpc) is 0. The molecule has 0 aliphatic heterocycles. The number of rotatable bonds is 0. The van der Waals surface area contributed by atoms with Gasteiger partial charge in [-0.05, 0) is 0 Å². The Labute approximate surface area is 120 Å². The Hall–Kier alpha value is 3.78. The molecule has 0 saturated carbocycles. The largest absolute Gasteiger partial charge is 0.0814 e. The maximum absolute atomic E-state index is 0. The Morgan fingerprint density at radius 1 is 1.00 bits per heavy atom. The van der Waals surface area contributed by atoms with Crippen LogP contribution in [0.3, 0.4) is 0 Å². The van der Waals surface area contributed by atoms with Gasteiger partial charge < -0.3 is 0 Å². The molecule has 0 heterocycles. The van der Waals surface area contributed by atoms with Crippen molar-refractivity contribution >= 4 is 8.41 Å². The van der Waals surface area contributed by atoms with Crippen LogP contribution in [0.2, 0.25) is 0 Å². The normalized spacial score (nSPS) is 0. The molecule has 0 nitrogen and oxygen atoms in total. The van der Waals surface area contributed by atoms with Crippen molar-refractivity contribution in [1.29, 1.82) is 0 Å². The van der Waals surface area contributed by atoms with Crippen LogP contribution in [0.4, 0.5) is 0 Å². The van der Waals surface area contributed by atoms with E-state index in [1.807, 2.05) is 0 Å². The van der Waals surface area contributed by atoms with Crippen LogP contribution < -0.4 is 0 Å². The summed E-state index contributed by atoms with van der Waals surface area (Å²) >= 11 is 0. The third-order valence-corrected chi connectivity index (χ3v) is 0. The van der Waals surface area contributed by atoms with Crippen molar-refractivity contribution in [2.24, 2.45) is 0 Å². The van der Waals surface area contributed by atoms with Crippen molar-refractivity contribution in [3.8, 4) is 0 Å². The van der Waals surface area contributed by atoms with Crippen molar-refractivity contribution in [3.05, 3.63) is 0 Å². The van der Waals surface area contributed by atoms with Crippen molar-refractivity contribution in [2.75, 3.05) is 0 Å². The molecule has 0 aromatic heterocycles. The summed E-state index contributed by atoms with van der Waals surface area (Å²) in [7, 11) is 0. The molecule has 1 radical (unpaired) electrons. The Balaban J connectivity index is 0. The summed E-state index contributed by atoms with van der Waals surface area (Å²) in [5, 5.41) is 0. The quantitative estimate of drug-likeness (QED) is 0.431. The molecule has 0 rings (SSSR count). The third-order valence-electron chi connectivity index (χ3n) is 0. The zero-order chi connectivity index (χ0) is 0. The first kappa shape index (κ1) is 37.2. The smallest absolute Gasteiger partial charge is 0 e. The van der Waals surface area contributed by atoms with Crippen molar-refractivity contribution in [3.63, 3.8) is 0 Å². The second-order valence-electron chi connectivity index (χ2n) is 0. The van der Waals surface area contributed by atoms with Gasteiger partial charge in [-0.1, -0.05) is 0 Å². The van der Waals surface area contributed by atoms with E-state index in [2.05, 4.69) is 0 Å². The summed E-state index contributed by atoms with van der Waals surface area (Å²) in [6, 6.07) is 0. The summed E-state index contributed by atoms with van der Waals surface area (Å²) in [4.78, 5) is 0. The SMILES string of the molecule is B.[Co].[Fe].[Nd].[Sm]. The maximum Gasteiger partial charge on any atom is 0.0814 e.